The molecule has 0 atom stereocenters. The Morgan fingerprint density at radius 1 is 0.720 bits per heavy atom. The first-order valence-corrected chi connectivity index (χ1v) is 7.83. The number of alkyl halides is 11. The zero-order valence-electron chi connectivity index (χ0n) is 12.8. The van der Waals surface area contributed by atoms with Crippen molar-refractivity contribution in [2.24, 2.45) is 0 Å². The van der Waals surface area contributed by atoms with E-state index in [0.717, 1.165) is 28.2 Å². The number of halogens is 11. The Labute approximate surface area is 140 Å². The van der Waals surface area contributed by atoms with Gasteiger partial charge in [0.15, 0.2) is 0 Å². The van der Waals surface area contributed by atoms with E-state index in [9.17, 15) is 48.5 Å². The van der Waals surface area contributed by atoms with E-state index in [2.05, 4.69) is 4.52 Å². The van der Waals surface area contributed by atoms with Gasteiger partial charge in [0.05, 0.1) is 0 Å². The third kappa shape index (κ3) is 3.87. The Bertz CT molecular complexity index is 495. The molecule has 0 spiro atoms. The Morgan fingerprint density at radius 3 is 1.12 bits per heavy atom. The van der Waals surface area contributed by atoms with Gasteiger partial charge in [-0.15, -0.1) is 0 Å². The molecular formula is C9H12ClF10N2O2P. The van der Waals surface area contributed by atoms with Crippen LogP contribution in [0.25, 0.3) is 0 Å². The van der Waals surface area contributed by atoms with Gasteiger partial charge in [0.25, 0.3) is 5.31 Å². The highest BCUT2D eigenvalue weighted by molar-refractivity contribution is 7.61. The molecule has 0 radical (unpaired) electrons. The summed E-state index contributed by atoms with van der Waals surface area (Å²) in [5, 5.41) is -3.25. The summed E-state index contributed by atoms with van der Waals surface area (Å²) in [5.74, 6) is 0. The first-order valence-electron chi connectivity index (χ1n) is 5.83. The molecule has 152 valence electrons. The quantitative estimate of drug-likeness (QED) is 0.201. The summed E-state index contributed by atoms with van der Waals surface area (Å²) in [7, 11) is -5.08. The topological polar surface area (TPSA) is 32.8 Å². The summed E-state index contributed by atoms with van der Waals surface area (Å²) >= 11 is 5.46. The van der Waals surface area contributed by atoms with E-state index in [1.165, 1.54) is 0 Å². The lowest BCUT2D eigenvalue weighted by molar-refractivity contribution is -0.277. The van der Waals surface area contributed by atoms with Crippen LogP contribution in [-0.2, 0) is 9.09 Å². The van der Waals surface area contributed by atoms with Crippen LogP contribution in [0.4, 0.5) is 43.9 Å². The molecular weight excluding hydrogens is 425 g/mol. The number of hydrogen-bond acceptors (Lipinski definition) is 4. The maximum Gasteiger partial charge on any atom is 0.463 e. The van der Waals surface area contributed by atoms with Crippen molar-refractivity contribution in [3.05, 3.63) is 0 Å². The maximum absolute atomic E-state index is 13.5. The monoisotopic (exact) mass is 436 g/mol. The fourth-order valence-electron chi connectivity index (χ4n) is 1.35. The molecule has 0 saturated heterocycles. The summed E-state index contributed by atoms with van der Waals surface area (Å²) in [6.07, 6.45) is -14.1. The fourth-order valence-corrected chi connectivity index (χ4v) is 3.55. The average Bonchev–Trinajstić information content (AvgIpc) is 2.34. The van der Waals surface area contributed by atoms with Crippen LogP contribution < -0.4 is 0 Å². The summed E-state index contributed by atoms with van der Waals surface area (Å²) in [6, 6.07) is 0. The van der Waals surface area contributed by atoms with Crippen LogP contribution in [0, 0.1) is 0 Å². The van der Waals surface area contributed by atoms with Gasteiger partial charge in [-0.25, -0.2) is 0 Å². The molecule has 4 nitrogen and oxygen atoms in total. The minimum atomic E-state index is -8.23. The van der Waals surface area contributed by atoms with Crippen molar-refractivity contribution >= 4 is 19.0 Å². The van der Waals surface area contributed by atoms with Gasteiger partial charge >= 0.3 is 31.0 Å². The van der Waals surface area contributed by atoms with Crippen molar-refractivity contribution in [3.8, 4) is 0 Å². The lowest BCUT2D eigenvalue weighted by Crippen LogP contribution is -2.56. The first kappa shape index (κ1) is 24.7. The second-order valence-corrected chi connectivity index (χ2v) is 7.94. The van der Waals surface area contributed by atoms with Crippen LogP contribution in [0.15, 0.2) is 0 Å². The normalized spacial score (nSPS) is 16.0. The van der Waals surface area contributed by atoms with Crippen molar-refractivity contribution in [1.29, 1.82) is 0 Å². The molecule has 25 heavy (non-hydrogen) atoms. The molecule has 16 heteroatoms. The average molecular weight is 437 g/mol. The second-order valence-electron chi connectivity index (χ2n) is 5.04. The maximum atomic E-state index is 13.5. The predicted molar refractivity (Wildman–Crippen MR) is 66.7 cm³/mol. The summed E-state index contributed by atoms with van der Waals surface area (Å²) in [6.45, 7) is 0. The Hall–Kier alpha value is -0.300. The van der Waals surface area contributed by atoms with E-state index in [1.54, 1.807) is 0 Å². The van der Waals surface area contributed by atoms with E-state index in [1.807, 2.05) is 0 Å². The van der Waals surface area contributed by atoms with Crippen LogP contribution in [0.5, 0.6) is 0 Å². The molecule has 0 amide bonds. The lowest BCUT2D eigenvalue weighted by Gasteiger charge is -2.44. The van der Waals surface area contributed by atoms with Gasteiger partial charge < -0.3 is 0 Å². The van der Waals surface area contributed by atoms with Crippen molar-refractivity contribution in [2.75, 3.05) is 28.2 Å². The van der Waals surface area contributed by atoms with Crippen molar-refractivity contribution in [3.63, 3.8) is 0 Å². The predicted octanol–water partition coefficient (Wildman–Crippen LogP) is 4.56. The number of nitrogens with zero attached hydrogens (tertiary/aromatic N) is 2. The summed E-state index contributed by atoms with van der Waals surface area (Å²) < 4.78 is 144. The molecule has 0 unspecified atom stereocenters. The SMILES string of the molecule is CN(C)C(Cl)(OP(=O)(C(F)(F)C(F)(F)F)C(F)(F)C(F)(F)F)N(C)C. The van der Waals surface area contributed by atoms with Crippen LogP contribution >= 0.6 is 19.0 Å². The van der Waals surface area contributed by atoms with Gasteiger partial charge in [0.1, 0.15) is 0 Å². The molecule has 0 aromatic carbocycles. The third-order valence-electron chi connectivity index (χ3n) is 2.77. The minimum Gasteiger partial charge on any atom is -0.279 e. The Balaban J connectivity index is 6.76. The van der Waals surface area contributed by atoms with Crippen LogP contribution in [0.2, 0.25) is 0 Å². The van der Waals surface area contributed by atoms with Crippen LogP contribution in [0.1, 0.15) is 0 Å². The number of hydrogen-bond donors (Lipinski definition) is 0. The molecule has 0 N–H and O–H groups in total. The number of rotatable bonds is 6. The van der Waals surface area contributed by atoms with Gasteiger partial charge in [-0.2, -0.15) is 43.9 Å². The van der Waals surface area contributed by atoms with Gasteiger partial charge in [-0.05, 0) is 28.2 Å². The molecule has 0 bridgehead atoms. The smallest absolute Gasteiger partial charge is 0.279 e. The highest BCUT2D eigenvalue weighted by Gasteiger charge is 2.86. The van der Waals surface area contributed by atoms with Crippen molar-refractivity contribution in [2.45, 2.75) is 29.0 Å². The first-order chi connectivity index (χ1) is 10.6. The Morgan fingerprint density at radius 2 is 0.960 bits per heavy atom. The standard InChI is InChI=1S/C9H12ClF10N2O2P/c1-21(2)9(10,22(3)4)24-25(23,7(17,18)5(11,12)13)8(19,20)6(14,15)16/h1-4H3. The second kappa shape index (κ2) is 6.70. The molecule has 0 aromatic heterocycles. The van der Waals surface area contributed by atoms with E-state index in [0.29, 0.717) is 9.80 Å². The van der Waals surface area contributed by atoms with E-state index < -0.39 is 36.4 Å². The molecule has 0 aromatic rings. The lowest BCUT2D eigenvalue weighted by atomic mass is 10.7. The van der Waals surface area contributed by atoms with E-state index in [4.69, 9.17) is 11.6 Å². The van der Waals surface area contributed by atoms with Gasteiger partial charge in [0, 0.05) is 0 Å². The van der Waals surface area contributed by atoms with Gasteiger partial charge in [-0.3, -0.25) is 18.9 Å². The van der Waals surface area contributed by atoms with Gasteiger partial charge in [0.2, 0.25) is 0 Å². The molecule has 0 fully saturated rings. The highest BCUT2D eigenvalue weighted by atomic mass is 35.5. The zero-order chi connectivity index (χ0) is 20.9. The zero-order valence-corrected chi connectivity index (χ0v) is 14.5. The molecule has 0 heterocycles. The highest BCUT2D eigenvalue weighted by Crippen LogP contribution is 2.79. The molecule has 0 rings (SSSR count). The summed E-state index contributed by atoms with van der Waals surface area (Å²) in [4.78, 5) is 0.722. The fraction of sp³-hybridized carbons (Fsp3) is 1.00. The Kier molecular flexibility index (Phi) is 6.62. The molecule has 0 aliphatic heterocycles. The van der Waals surface area contributed by atoms with Crippen molar-refractivity contribution in [1.82, 2.24) is 9.80 Å². The molecule has 0 aliphatic carbocycles. The van der Waals surface area contributed by atoms with E-state index >= 15 is 0 Å². The molecule has 0 aliphatic rings. The van der Waals surface area contributed by atoms with Crippen molar-refractivity contribution < 1.29 is 53.0 Å². The van der Waals surface area contributed by atoms with Crippen LogP contribution in [-0.4, -0.2) is 67.0 Å². The minimum absolute atomic E-state index is 0.361. The van der Waals surface area contributed by atoms with Crippen LogP contribution in [0.3, 0.4) is 0 Å². The van der Waals surface area contributed by atoms with Gasteiger partial charge in [-0.1, -0.05) is 11.6 Å². The third-order valence-corrected chi connectivity index (χ3v) is 6.13. The van der Waals surface area contributed by atoms with E-state index in [-0.39, 0.29) is 0 Å². The largest absolute Gasteiger partial charge is 0.463 e. The molecule has 0 saturated carbocycles. The summed E-state index contributed by atoms with van der Waals surface area (Å²) in [5.41, 5.74) is -14.1.